The van der Waals surface area contributed by atoms with E-state index in [-0.39, 0.29) is 6.04 Å². The molecule has 4 N–H and O–H groups in total. The van der Waals surface area contributed by atoms with Crippen molar-refractivity contribution in [3.05, 3.63) is 41.0 Å². The van der Waals surface area contributed by atoms with Gasteiger partial charge in [0.15, 0.2) is 0 Å². The fourth-order valence-electron chi connectivity index (χ4n) is 2.07. The van der Waals surface area contributed by atoms with Crippen LogP contribution < -0.4 is 11.5 Å². The fourth-order valence-corrected chi connectivity index (χ4v) is 2.07. The summed E-state index contributed by atoms with van der Waals surface area (Å²) in [5.41, 5.74) is 15.6. The Hall–Kier alpha value is -1.12. The van der Waals surface area contributed by atoms with Gasteiger partial charge in [0.05, 0.1) is 0 Å². The van der Waals surface area contributed by atoms with Gasteiger partial charge in [0.1, 0.15) is 0 Å². The topological polar surface area (TPSA) is 52.0 Å². The summed E-state index contributed by atoms with van der Waals surface area (Å²) in [4.78, 5) is 0. The van der Waals surface area contributed by atoms with E-state index in [0.29, 0.717) is 6.54 Å². The Balaban J connectivity index is 2.15. The van der Waals surface area contributed by atoms with E-state index in [1.54, 1.807) is 0 Å². The molecular formula is C13H18N2. The third kappa shape index (κ3) is 2.46. The smallest absolute Gasteiger partial charge is 0.0200 e. The van der Waals surface area contributed by atoms with Gasteiger partial charge in [-0.25, -0.2) is 0 Å². The molecule has 0 aromatic heterocycles. The van der Waals surface area contributed by atoms with Gasteiger partial charge in [-0.05, 0) is 30.4 Å². The summed E-state index contributed by atoms with van der Waals surface area (Å²) in [5, 5.41) is 0. The summed E-state index contributed by atoms with van der Waals surface area (Å²) in [5.74, 6) is 0. The Labute approximate surface area is 91.0 Å². The molecule has 2 rings (SSSR count). The summed E-state index contributed by atoms with van der Waals surface area (Å²) < 4.78 is 0. The second kappa shape index (κ2) is 4.60. The highest BCUT2D eigenvalue weighted by Gasteiger charge is 2.11. The van der Waals surface area contributed by atoms with Crippen molar-refractivity contribution in [3.63, 3.8) is 0 Å². The summed E-state index contributed by atoms with van der Waals surface area (Å²) in [7, 11) is 0. The molecule has 0 radical (unpaired) electrons. The predicted molar refractivity (Wildman–Crippen MR) is 64.4 cm³/mol. The number of hydrogen-bond acceptors (Lipinski definition) is 2. The molecule has 0 spiro atoms. The van der Waals surface area contributed by atoms with Crippen molar-refractivity contribution in [1.29, 1.82) is 0 Å². The van der Waals surface area contributed by atoms with Crippen LogP contribution in [0.3, 0.4) is 0 Å². The zero-order valence-corrected chi connectivity index (χ0v) is 8.95. The van der Waals surface area contributed by atoms with Crippen molar-refractivity contribution in [2.45, 2.75) is 25.3 Å². The lowest BCUT2D eigenvalue weighted by Gasteiger charge is -2.18. The number of aryl methyl sites for hydroxylation is 1. The van der Waals surface area contributed by atoms with Gasteiger partial charge in [-0.3, -0.25) is 0 Å². The summed E-state index contributed by atoms with van der Waals surface area (Å²) >= 11 is 0. The normalized spacial score (nSPS) is 16.8. The highest BCUT2D eigenvalue weighted by molar-refractivity contribution is 5.59. The third-order valence-electron chi connectivity index (χ3n) is 2.96. The Kier molecular flexibility index (Phi) is 3.19. The zero-order valence-electron chi connectivity index (χ0n) is 8.95. The first-order chi connectivity index (χ1) is 7.29. The predicted octanol–water partition coefficient (Wildman–Crippen LogP) is 1.69. The molecule has 1 aromatic rings. The summed E-state index contributed by atoms with van der Waals surface area (Å²) in [6.07, 6.45) is 5.48. The molecule has 0 heterocycles. The van der Waals surface area contributed by atoms with E-state index >= 15 is 0 Å². The summed E-state index contributed by atoms with van der Waals surface area (Å²) in [6, 6.07) is 8.67. The lowest BCUT2D eigenvalue weighted by molar-refractivity contribution is 0.656. The number of rotatable bonds is 3. The molecule has 0 aliphatic heterocycles. The first-order valence-corrected chi connectivity index (χ1v) is 5.52. The Morgan fingerprint density at radius 1 is 1.20 bits per heavy atom. The minimum atomic E-state index is 0.113. The van der Waals surface area contributed by atoms with Crippen LogP contribution in [-0.4, -0.2) is 12.6 Å². The molecule has 80 valence electrons. The van der Waals surface area contributed by atoms with Gasteiger partial charge in [0.2, 0.25) is 0 Å². The minimum Gasteiger partial charge on any atom is -0.329 e. The van der Waals surface area contributed by atoms with E-state index in [4.69, 9.17) is 11.5 Å². The lowest BCUT2D eigenvalue weighted by atomic mass is 9.89. The average Bonchev–Trinajstić information content (AvgIpc) is 2.29. The number of benzene rings is 1. The maximum atomic E-state index is 5.86. The second-order valence-corrected chi connectivity index (χ2v) is 4.20. The van der Waals surface area contributed by atoms with Crippen LogP contribution in [0.2, 0.25) is 0 Å². The maximum Gasteiger partial charge on any atom is 0.0200 e. The molecule has 1 atom stereocenters. The Bertz CT molecular complexity index is 369. The first kappa shape index (κ1) is 10.4. The van der Waals surface area contributed by atoms with Crippen molar-refractivity contribution in [2.24, 2.45) is 11.5 Å². The monoisotopic (exact) mass is 202 g/mol. The van der Waals surface area contributed by atoms with E-state index < -0.39 is 0 Å². The van der Waals surface area contributed by atoms with E-state index in [0.717, 1.165) is 19.3 Å². The number of fused-ring (bicyclic) bond motifs is 1. The molecule has 0 amide bonds. The molecule has 0 fully saturated rings. The molecule has 2 nitrogen and oxygen atoms in total. The standard InChI is InChI=1S/C13H18N2/c14-9-13(15)8-10-5-6-11-3-1-2-4-12(11)7-10/h1-4,7,13H,5-6,8-9,14-15H2/t13-/m0/s1. The zero-order chi connectivity index (χ0) is 10.7. The molecule has 2 heteroatoms. The maximum absolute atomic E-state index is 5.86. The third-order valence-corrected chi connectivity index (χ3v) is 2.96. The average molecular weight is 202 g/mol. The number of hydrogen-bond donors (Lipinski definition) is 2. The van der Waals surface area contributed by atoms with Gasteiger partial charge in [-0.2, -0.15) is 0 Å². The Morgan fingerprint density at radius 3 is 2.80 bits per heavy atom. The number of nitrogens with two attached hydrogens (primary N) is 2. The minimum absolute atomic E-state index is 0.113. The van der Waals surface area contributed by atoms with Crippen LogP contribution in [0.15, 0.2) is 29.8 Å². The molecule has 0 saturated carbocycles. The van der Waals surface area contributed by atoms with Crippen LogP contribution >= 0.6 is 0 Å². The lowest BCUT2D eigenvalue weighted by Crippen LogP contribution is -2.30. The van der Waals surface area contributed by atoms with Crippen LogP contribution in [0.5, 0.6) is 0 Å². The quantitative estimate of drug-likeness (QED) is 0.783. The molecule has 1 aliphatic rings. The van der Waals surface area contributed by atoms with Crippen LogP contribution in [0.1, 0.15) is 24.0 Å². The van der Waals surface area contributed by atoms with Crippen molar-refractivity contribution < 1.29 is 0 Å². The highest BCUT2D eigenvalue weighted by atomic mass is 14.7. The van der Waals surface area contributed by atoms with Gasteiger partial charge in [0, 0.05) is 12.6 Å². The largest absolute Gasteiger partial charge is 0.329 e. The fraction of sp³-hybridized carbons (Fsp3) is 0.385. The molecule has 1 aliphatic carbocycles. The van der Waals surface area contributed by atoms with Gasteiger partial charge < -0.3 is 11.5 Å². The molecular weight excluding hydrogens is 184 g/mol. The van der Waals surface area contributed by atoms with Gasteiger partial charge in [0.25, 0.3) is 0 Å². The van der Waals surface area contributed by atoms with E-state index in [1.165, 1.54) is 16.7 Å². The van der Waals surface area contributed by atoms with E-state index in [9.17, 15) is 0 Å². The summed E-state index contributed by atoms with van der Waals surface area (Å²) in [6.45, 7) is 0.568. The van der Waals surface area contributed by atoms with Gasteiger partial charge >= 0.3 is 0 Å². The van der Waals surface area contributed by atoms with Crippen molar-refractivity contribution in [1.82, 2.24) is 0 Å². The van der Waals surface area contributed by atoms with Gasteiger partial charge in [-0.15, -0.1) is 0 Å². The van der Waals surface area contributed by atoms with E-state index in [1.807, 2.05) is 0 Å². The van der Waals surface area contributed by atoms with Crippen LogP contribution in [0, 0.1) is 0 Å². The van der Waals surface area contributed by atoms with Crippen molar-refractivity contribution in [3.8, 4) is 0 Å². The first-order valence-electron chi connectivity index (χ1n) is 5.52. The van der Waals surface area contributed by atoms with Crippen LogP contribution in [0.25, 0.3) is 6.08 Å². The molecule has 15 heavy (non-hydrogen) atoms. The Morgan fingerprint density at radius 2 is 2.00 bits per heavy atom. The molecule has 0 unspecified atom stereocenters. The second-order valence-electron chi connectivity index (χ2n) is 4.20. The molecule has 1 aromatic carbocycles. The van der Waals surface area contributed by atoms with E-state index in [2.05, 4.69) is 30.3 Å². The van der Waals surface area contributed by atoms with Crippen molar-refractivity contribution >= 4 is 6.08 Å². The molecule has 0 bridgehead atoms. The van der Waals surface area contributed by atoms with Crippen LogP contribution in [-0.2, 0) is 6.42 Å². The highest BCUT2D eigenvalue weighted by Crippen LogP contribution is 2.25. The van der Waals surface area contributed by atoms with Crippen LogP contribution in [0.4, 0.5) is 0 Å². The van der Waals surface area contributed by atoms with Crippen molar-refractivity contribution in [2.75, 3.05) is 6.54 Å². The molecule has 0 saturated heterocycles. The SMILES string of the molecule is NC[C@@H](N)CC1=Cc2ccccc2CC1. The van der Waals surface area contributed by atoms with Gasteiger partial charge in [-0.1, -0.05) is 35.9 Å².